The maximum absolute atomic E-state index is 13.3. The molecule has 5 nitrogen and oxygen atoms in total. The Kier molecular flexibility index (Phi) is 4.06. The molecule has 2 heterocycles. The molecule has 1 amide bonds. The summed E-state index contributed by atoms with van der Waals surface area (Å²) in [7, 11) is 0. The summed E-state index contributed by atoms with van der Waals surface area (Å²) in [6, 6.07) is 8.51. The molecule has 1 saturated carbocycles. The molecule has 0 spiro atoms. The minimum Gasteiger partial charge on any atom is -0.359 e. The van der Waals surface area contributed by atoms with Crippen LogP contribution in [0.2, 0.25) is 0 Å². The van der Waals surface area contributed by atoms with E-state index in [1.54, 1.807) is 18.2 Å². The third kappa shape index (κ3) is 3.19. The normalized spacial score (nSPS) is 22.9. The van der Waals surface area contributed by atoms with E-state index in [9.17, 15) is 9.18 Å². The maximum Gasteiger partial charge on any atom is 0.234 e. The van der Waals surface area contributed by atoms with Crippen LogP contribution in [-0.4, -0.2) is 35.1 Å². The molecule has 4 rings (SSSR count). The van der Waals surface area contributed by atoms with Gasteiger partial charge in [0.25, 0.3) is 0 Å². The fourth-order valence-electron chi connectivity index (χ4n) is 3.83. The molecule has 1 aliphatic carbocycles. The average molecular weight is 329 g/mol. The summed E-state index contributed by atoms with van der Waals surface area (Å²) < 4.78 is 18.5. The minimum atomic E-state index is -0.315. The Morgan fingerprint density at radius 1 is 1.38 bits per heavy atom. The average Bonchev–Trinajstić information content (AvgIpc) is 3.29. The molecular formula is C18H20FN3O2. The van der Waals surface area contributed by atoms with Crippen LogP contribution in [0.5, 0.6) is 0 Å². The number of benzene rings is 1. The summed E-state index contributed by atoms with van der Waals surface area (Å²) >= 11 is 0. The van der Waals surface area contributed by atoms with Crippen molar-refractivity contribution >= 4 is 5.91 Å². The molecule has 1 saturated heterocycles. The van der Waals surface area contributed by atoms with Gasteiger partial charge in [-0.3, -0.25) is 9.69 Å². The number of hydrogen-bond acceptors (Lipinski definition) is 4. The number of carbonyl (C=O) groups excluding carboxylic acids is 1. The first kappa shape index (κ1) is 15.3. The summed E-state index contributed by atoms with van der Waals surface area (Å²) in [5.41, 5.74) is 1.22. The lowest BCUT2D eigenvalue weighted by Crippen LogP contribution is -2.40. The number of hydrogen-bond donors (Lipinski definition) is 1. The number of rotatable bonds is 5. The summed E-state index contributed by atoms with van der Waals surface area (Å²) in [5, 5.41) is 6.81. The fraction of sp³-hybridized carbons (Fsp3) is 0.444. The summed E-state index contributed by atoms with van der Waals surface area (Å²) in [6.07, 6.45) is 3.77. The molecule has 2 fully saturated rings. The van der Waals surface area contributed by atoms with Gasteiger partial charge in [0.2, 0.25) is 5.91 Å². The summed E-state index contributed by atoms with van der Waals surface area (Å²) in [5.74, 6) is 1.04. The second-order valence-corrected chi connectivity index (χ2v) is 6.73. The van der Waals surface area contributed by atoms with E-state index in [2.05, 4.69) is 15.4 Å². The minimum absolute atomic E-state index is 0.00579. The van der Waals surface area contributed by atoms with E-state index in [1.165, 1.54) is 31.4 Å². The molecule has 2 bridgehead atoms. The van der Waals surface area contributed by atoms with Crippen molar-refractivity contribution in [3.05, 3.63) is 41.9 Å². The Morgan fingerprint density at radius 3 is 3.04 bits per heavy atom. The Bertz CT molecular complexity index is 745. The Hall–Kier alpha value is -2.21. The number of halogens is 1. The van der Waals surface area contributed by atoms with Gasteiger partial charge in [0.05, 0.1) is 13.1 Å². The van der Waals surface area contributed by atoms with E-state index >= 15 is 0 Å². The quantitative estimate of drug-likeness (QED) is 0.916. The van der Waals surface area contributed by atoms with E-state index in [0.717, 1.165) is 12.5 Å². The van der Waals surface area contributed by atoms with Crippen LogP contribution in [0.4, 0.5) is 4.39 Å². The van der Waals surface area contributed by atoms with Crippen molar-refractivity contribution in [1.29, 1.82) is 0 Å². The number of nitrogens with one attached hydrogen (secondary N) is 1. The van der Waals surface area contributed by atoms with Gasteiger partial charge in [-0.2, -0.15) is 0 Å². The monoisotopic (exact) mass is 329 g/mol. The van der Waals surface area contributed by atoms with Gasteiger partial charge in [-0.25, -0.2) is 4.39 Å². The van der Waals surface area contributed by atoms with Crippen molar-refractivity contribution in [2.75, 3.05) is 13.1 Å². The van der Waals surface area contributed by atoms with Crippen molar-refractivity contribution in [1.82, 2.24) is 15.4 Å². The third-order valence-electron chi connectivity index (χ3n) is 5.01. The van der Waals surface area contributed by atoms with Crippen LogP contribution in [0, 0.1) is 11.7 Å². The van der Waals surface area contributed by atoms with E-state index < -0.39 is 0 Å². The van der Waals surface area contributed by atoms with Gasteiger partial charge in [0.1, 0.15) is 11.5 Å². The topological polar surface area (TPSA) is 58.4 Å². The molecule has 2 aromatic rings. The highest BCUT2D eigenvalue weighted by molar-refractivity contribution is 5.78. The van der Waals surface area contributed by atoms with Crippen LogP contribution < -0.4 is 5.32 Å². The number of likely N-dealkylation sites (tertiary alicyclic amines) is 1. The van der Waals surface area contributed by atoms with Gasteiger partial charge in [0.15, 0.2) is 5.76 Å². The molecule has 1 aromatic heterocycles. The Labute approximate surface area is 139 Å². The fourth-order valence-corrected chi connectivity index (χ4v) is 3.83. The van der Waals surface area contributed by atoms with Gasteiger partial charge in [0, 0.05) is 24.2 Å². The van der Waals surface area contributed by atoms with Crippen LogP contribution in [0.1, 0.15) is 25.0 Å². The summed E-state index contributed by atoms with van der Waals surface area (Å²) in [4.78, 5) is 14.4. The van der Waals surface area contributed by atoms with Crippen molar-refractivity contribution in [3.8, 4) is 11.3 Å². The first-order valence-corrected chi connectivity index (χ1v) is 8.39. The predicted molar refractivity (Wildman–Crippen MR) is 86.4 cm³/mol. The molecule has 6 heteroatoms. The first-order chi connectivity index (χ1) is 11.7. The third-order valence-corrected chi connectivity index (χ3v) is 5.01. The van der Waals surface area contributed by atoms with Gasteiger partial charge in [-0.1, -0.05) is 17.3 Å². The molecule has 1 aromatic carbocycles. The van der Waals surface area contributed by atoms with Gasteiger partial charge >= 0.3 is 0 Å². The second-order valence-electron chi connectivity index (χ2n) is 6.73. The zero-order valence-corrected chi connectivity index (χ0v) is 13.4. The van der Waals surface area contributed by atoms with Crippen LogP contribution in [-0.2, 0) is 11.3 Å². The number of fused-ring (bicyclic) bond motifs is 2. The lowest BCUT2D eigenvalue weighted by atomic mass is 10.1. The molecule has 24 heavy (non-hydrogen) atoms. The van der Waals surface area contributed by atoms with Crippen molar-refractivity contribution < 1.29 is 13.7 Å². The largest absolute Gasteiger partial charge is 0.359 e. The Morgan fingerprint density at radius 2 is 2.29 bits per heavy atom. The van der Waals surface area contributed by atoms with E-state index in [1.807, 2.05) is 0 Å². The highest BCUT2D eigenvalue weighted by Gasteiger charge is 2.38. The number of piperidine rings is 1. The molecule has 2 aliphatic rings. The molecule has 1 N–H and O–H groups in total. The number of amides is 1. The highest BCUT2D eigenvalue weighted by atomic mass is 19.1. The van der Waals surface area contributed by atoms with E-state index in [-0.39, 0.29) is 11.7 Å². The molecule has 126 valence electrons. The smallest absolute Gasteiger partial charge is 0.234 e. The Balaban J connectivity index is 1.31. The zero-order valence-electron chi connectivity index (χ0n) is 13.4. The lowest BCUT2D eigenvalue weighted by Gasteiger charge is -2.25. The maximum atomic E-state index is 13.3. The number of nitrogens with zero attached hydrogens (tertiary/aromatic N) is 2. The zero-order chi connectivity index (χ0) is 16.5. The standard InChI is InChI=1S/C18H20FN3O2/c19-14-3-1-2-13(7-14)17-8-16(24-21-17)9-20-18(23)11-22-10-12-4-5-15(22)6-12/h1-3,7-8,12,15H,4-6,9-11H2,(H,20,23)/t12-,15+/m1/s1. The predicted octanol–water partition coefficient (Wildman–Crippen LogP) is 2.58. The number of aromatic nitrogens is 1. The molecule has 2 atom stereocenters. The van der Waals surface area contributed by atoms with Crippen LogP contribution in [0.15, 0.2) is 34.9 Å². The molecule has 0 unspecified atom stereocenters. The lowest BCUT2D eigenvalue weighted by molar-refractivity contribution is -0.122. The molecule has 1 aliphatic heterocycles. The highest BCUT2D eigenvalue weighted by Crippen LogP contribution is 2.36. The summed E-state index contributed by atoms with van der Waals surface area (Å²) in [6.45, 7) is 1.79. The van der Waals surface area contributed by atoms with Crippen LogP contribution in [0.25, 0.3) is 11.3 Å². The van der Waals surface area contributed by atoms with Gasteiger partial charge in [-0.15, -0.1) is 0 Å². The van der Waals surface area contributed by atoms with Crippen molar-refractivity contribution in [3.63, 3.8) is 0 Å². The van der Waals surface area contributed by atoms with Crippen molar-refractivity contribution in [2.45, 2.75) is 31.8 Å². The molecular weight excluding hydrogens is 309 g/mol. The van der Waals surface area contributed by atoms with Gasteiger partial charge < -0.3 is 9.84 Å². The first-order valence-electron chi connectivity index (χ1n) is 8.39. The molecule has 0 radical (unpaired) electrons. The SMILES string of the molecule is O=C(CN1C[C@@H]2CC[C@H]1C2)NCc1cc(-c2cccc(F)c2)no1. The second kappa shape index (κ2) is 6.36. The van der Waals surface area contributed by atoms with Crippen molar-refractivity contribution in [2.24, 2.45) is 5.92 Å². The van der Waals surface area contributed by atoms with E-state index in [4.69, 9.17) is 4.52 Å². The number of carbonyl (C=O) groups is 1. The van der Waals surface area contributed by atoms with E-state index in [0.29, 0.717) is 36.1 Å². The van der Waals surface area contributed by atoms with Crippen LogP contribution >= 0.6 is 0 Å². The van der Waals surface area contributed by atoms with Crippen LogP contribution in [0.3, 0.4) is 0 Å². The van der Waals surface area contributed by atoms with Gasteiger partial charge in [-0.05, 0) is 37.3 Å².